The molecule has 1 aliphatic rings. The zero-order valence-corrected chi connectivity index (χ0v) is 10.6. The SMILES string of the molecule is CCN(CC1CCCCO1)c1cccc(N)c1. The molecule has 0 spiro atoms. The van der Waals surface area contributed by atoms with Gasteiger partial charge < -0.3 is 15.4 Å². The Hall–Kier alpha value is -1.22. The van der Waals surface area contributed by atoms with E-state index in [1.54, 1.807) is 0 Å². The van der Waals surface area contributed by atoms with Gasteiger partial charge in [0.2, 0.25) is 0 Å². The monoisotopic (exact) mass is 234 g/mol. The molecule has 0 aliphatic carbocycles. The largest absolute Gasteiger partial charge is 0.399 e. The van der Waals surface area contributed by atoms with Crippen LogP contribution in [0.15, 0.2) is 24.3 Å². The summed E-state index contributed by atoms with van der Waals surface area (Å²) >= 11 is 0. The molecule has 1 saturated heterocycles. The molecular formula is C14H22N2O. The lowest BCUT2D eigenvalue weighted by atomic mass is 10.1. The number of benzene rings is 1. The molecule has 1 aliphatic heterocycles. The highest BCUT2D eigenvalue weighted by Gasteiger charge is 2.17. The van der Waals surface area contributed by atoms with Crippen LogP contribution in [0.2, 0.25) is 0 Å². The standard InChI is InChI=1S/C14H22N2O/c1-2-16(11-14-8-3-4-9-17-14)13-7-5-6-12(15)10-13/h5-7,10,14H,2-4,8-9,11,15H2,1H3. The molecule has 1 aromatic carbocycles. The van der Waals surface area contributed by atoms with Gasteiger partial charge in [-0.2, -0.15) is 0 Å². The van der Waals surface area contributed by atoms with Crippen LogP contribution in [0.1, 0.15) is 26.2 Å². The molecule has 1 atom stereocenters. The second kappa shape index (κ2) is 5.92. The molecule has 0 aromatic heterocycles. The number of likely N-dealkylation sites (N-methyl/N-ethyl adjacent to an activating group) is 1. The van der Waals surface area contributed by atoms with Gasteiger partial charge in [0.05, 0.1) is 6.10 Å². The Morgan fingerprint density at radius 1 is 1.41 bits per heavy atom. The molecule has 0 radical (unpaired) electrons. The van der Waals surface area contributed by atoms with Crippen molar-refractivity contribution in [2.75, 3.05) is 30.3 Å². The van der Waals surface area contributed by atoms with E-state index in [-0.39, 0.29) is 0 Å². The van der Waals surface area contributed by atoms with Crippen molar-refractivity contribution in [3.8, 4) is 0 Å². The van der Waals surface area contributed by atoms with E-state index in [4.69, 9.17) is 10.5 Å². The van der Waals surface area contributed by atoms with E-state index in [1.807, 2.05) is 18.2 Å². The lowest BCUT2D eigenvalue weighted by Crippen LogP contribution is -2.35. The first-order valence-electron chi connectivity index (χ1n) is 6.51. The van der Waals surface area contributed by atoms with Crippen LogP contribution in [0.4, 0.5) is 11.4 Å². The third-order valence-corrected chi connectivity index (χ3v) is 3.32. The number of nitrogens with zero attached hydrogens (tertiary/aromatic N) is 1. The smallest absolute Gasteiger partial charge is 0.0749 e. The maximum atomic E-state index is 5.83. The molecular weight excluding hydrogens is 212 g/mol. The van der Waals surface area contributed by atoms with E-state index in [0.29, 0.717) is 6.10 Å². The molecule has 2 N–H and O–H groups in total. The number of hydrogen-bond acceptors (Lipinski definition) is 3. The maximum absolute atomic E-state index is 5.83. The van der Waals surface area contributed by atoms with Crippen LogP contribution in [-0.4, -0.2) is 25.8 Å². The van der Waals surface area contributed by atoms with Crippen LogP contribution < -0.4 is 10.6 Å². The summed E-state index contributed by atoms with van der Waals surface area (Å²) in [6.07, 6.45) is 4.06. The van der Waals surface area contributed by atoms with E-state index >= 15 is 0 Å². The van der Waals surface area contributed by atoms with Gasteiger partial charge in [0.15, 0.2) is 0 Å². The van der Waals surface area contributed by atoms with Gasteiger partial charge in [-0.1, -0.05) is 6.07 Å². The first kappa shape index (κ1) is 12.2. The Balaban J connectivity index is 2.00. The molecule has 3 nitrogen and oxygen atoms in total. The lowest BCUT2D eigenvalue weighted by Gasteiger charge is -2.30. The zero-order chi connectivity index (χ0) is 12.1. The summed E-state index contributed by atoms with van der Waals surface area (Å²) < 4.78 is 5.79. The second-order valence-electron chi connectivity index (χ2n) is 4.62. The molecule has 2 rings (SSSR count). The summed E-state index contributed by atoms with van der Waals surface area (Å²) in [7, 11) is 0. The molecule has 1 unspecified atom stereocenters. The molecule has 3 heteroatoms. The Kier molecular flexibility index (Phi) is 4.26. The topological polar surface area (TPSA) is 38.5 Å². The minimum atomic E-state index is 0.380. The average Bonchev–Trinajstić information content (AvgIpc) is 2.37. The minimum absolute atomic E-state index is 0.380. The lowest BCUT2D eigenvalue weighted by molar-refractivity contribution is 0.0211. The fourth-order valence-electron chi connectivity index (χ4n) is 2.34. The highest BCUT2D eigenvalue weighted by atomic mass is 16.5. The highest BCUT2D eigenvalue weighted by Crippen LogP contribution is 2.20. The third-order valence-electron chi connectivity index (χ3n) is 3.32. The van der Waals surface area contributed by atoms with Gasteiger partial charge in [-0.25, -0.2) is 0 Å². The Morgan fingerprint density at radius 3 is 2.94 bits per heavy atom. The van der Waals surface area contributed by atoms with Gasteiger partial charge in [-0.15, -0.1) is 0 Å². The number of nitrogens with two attached hydrogens (primary N) is 1. The summed E-state index contributed by atoms with van der Waals surface area (Å²) in [5.74, 6) is 0. The highest BCUT2D eigenvalue weighted by molar-refractivity contribution is 5.55. The van der Waals surface area contributed by atoms with Gasteiger partial charge in [-0.05, 0) is 44.4 Å². The third kappa shape index (κ3) is 3.37. The Labute approximate surface area is 104 Å². The Bertz CT molecular complexity index is 348. The van der Waals surface area contributed by atoms with Crippen molar-refractivity contribution in [1.82, 2.24) is 0 Å². The van der Waals surface area contributed by atoms with Crippen molar-refractivity contribution in [2.45, 2.75) is 32.3 Å². The summed E-state index contributed by atoms with van der Waals surface area (Å²) in [5.41, 5.74) is 7.85. The van der Waals surface area contributed by atoms with Gasteiger partial charge in [-0.3, -0.25) is 0 Å². The summed E-state index contributed by atoms with van der Waals surface area (Å²) in [6, 6.07) is 8.08. The van der Waals surface area contributed by atoms with Gasteiger partial charge >= 0.3 is 0 Å². The van der Waals surface area contributed by atoms with Crippen LogP contribution >= 0.6 is 0 Å². The summed E-state index contributed by atoms with van der Waals surface area (Å²) in [6.45, 7) is 5.05. The van der Waals surface area contributed by atoms with E-state index in [9.17, 15) is 0 Å². The number of ether oxygens (including phenoxy) is 1. The van der Waals surface area contributed by atoms with E-state index in [2.05, 4.69) is 17.9 Å². The maximum Gasteiger partial charge on any atom is 0.0749 e. The fraction of sp³-hybridized carbons (Fsp3) is 0.571. The molecule has 17 heavy (non-hydrogen) atoms. The molecule has 1 aromatic rings. The fourth-order valence-corrected chi connectivity index (χ4v) is 2.34. The zero-order valence-electron chi connectivity index (χ0n) is 10.6. The van der Waals surface area contributed by atoms with Crippen molar-refractivity contribution in [3.05, 3.63) is 24.3 Å². The van der Waals surface area contributed by atoms with Gasteiger partial charge in [0.1, 0.15) is 0 Å². The first-order valence-corrected chi connectivity index (χ1v) is 6.51. The van der Waals surface area contributed by atoms with Crippen LogP contribution in [-0.2, 0) is 4.74 Å². The van der Waals surface area contributed by atoms with Crippen molar-refractivity contribution in [3.63, 3.8) is 0 Å². The van der Waals surface area contributed by atoms with Crippen molar-refractivity contribution >= 4 is 11.4 Å². The Morgan fingerprint density at radius 2 is 2.29 bits per heavy atom. The van der Waals surface area contributed by atoms with Gasteiger partial charge in [0.25, 0.3) is 0 Å². The quantitative estimate of drug-likeness (QED) is 0.814. The number of rotatable bonds is 4. The number of hydrogen-bond donors (Lipinski definition) is 1. The first-order chi connectivity index (χ1) is 8.29. The van der Waals surface area contributed by atoms with Crippen LogP contribution in [0, 0.1) is 0 Å². The number of nitrogen functional groups attached to an aromatic ring is 1. The molecule has 0 bridgehead atoms. The van der Waals surface area contributed by atoms with Crippen LogP contribution in [0.25, 0.3) is 0 Å². The molecule has 94 valence electrons. The molecule has 1 heterocycles. The normalized spacial score (nSPS) is 20.2. The summed E-state index contributed by atoms with van der Waals surface area (Å²) in [4.78, 5) is 2.34. The van der Waals surface area contributed by atoms with E-state index in [1.165, 1.54) is 24.9 Å². The van der Waals surface area contributed by atoms with Crippen molar-refractivity contribution < 1.29 is 4.74 Å². The predicted molar refractivity (Wildman–Crippen MR) is 72.3 cm³/mol. The van der Waals surface area contributed by atoms with Gasteiger partial charge in [0, 0.05) is 31.1 Å². The summed E-state index contributed by atoms with van der Waals surface area (Å²) in [5, 5.41) is 0. The van der Waals surface area contributed by atoms with E-state index < -0.39 is 0 Å². The van der Waals surface area contributed by atoms with Crippen LogP contribution in [0.5, 0.6) is 0 Å². The molecule has 1 fully saturated rings. The van der Waals surface area contributed by atoms with Crippen LogP contribution in [0.3, 0.4) is 0 Å². The molecule has 0 amide bonds. The van der Waals surface area contributed by atoms with E-state index in [0.717, 1.165) is 25.4 Å². The predicted octanol–water partition coefficient (Wildman–Crippen LogP) is 2.66. The number of anilines is 2. The van der Waals surface area contributed by atoms with Crippen molar-refractivity contribution in [2.24, 2.45) is 0 Å². The average molecular weight is 234 g/mol. The van der Waals surface area contributed by atoms with Crippen molar-refractivity contribution in [1.29, 1.82) is 0 Å². The minimum Gasteiger partial charge on any atom is -0.399 e. The molecule has 0 saturated carbocycles. The second-order valence-corrected chi connectivity index (χ2v) is 4.62.